The Balaban J connectivity index is 1.11. The summed E-state index contributed by atoms with van der Waals surface area (Å²) in [5.74, 6) is -1.33. The zero-order chi connectivity index (χ0) is 24.9. The first kappa shape index (κ1) is 24.0. The topological polar surface area (TPSA) is 72.7 Å². The molecule has 9 heteroatoms. The van der Waals surface area contributed by atoms with Crippen molar-refractivity contribution in [1.29, 1.82) is 0 Å². The minimum absolute atomic E-state index is 0.00105. The van der Waals surface area contributed by atoms with Crippen LogP contribution in [0.3, 0.4) is 0 Å². The molecule has 6 rings (SSSR count). The number of hydrogen-bond acceptors (Lipinski definition) is 6. The molecule has 3 aliphatic carbocycles. The molecule has 190 valence electrons. The lowest BCUT2D eigenvalue weighted by Crippen LogP contribution is -2.34. The molecule has 0 atom stereocenters. The number of alkyl halides is 2. The number of aliphatic hydroxyl groups is 1. The van der Waals surface area contributed by atoms with Crippen LogP contribution in [0.25, 0.3) is 15.1 Å². The van der Waals surface area contributed by atoms with Gasteiger partial charge in [-0.05, 0) is 63.5 Å². The molecular weight excluding hydrogens is 484 g/mol. The van der Waals surface area contributed by atoms with Gasteiger partial charge in [0.2, 0.25) is 5.92 Å². The molecule has 0 bridgehead atoms. The van der Waals surface area contributed by atoms with Crippen molar-refractivity contribution in [2.45, 2.75) is 100 Å². The highest BCUT2D eigenvalue weighted by atomic mass is 32.1. The molecule has 36 heavy (non-hydrogen) atoms. The van der Waals surface area contributed by atoms with Crippen LogP contribution in [0.1, 0.15) is 98.1 Å². The first-order valence-electron chi connectivity index (χ1n) is 12.8. The lowest BCUT2D eigenvalue weighted by Gasteiger charge is -2.34. The second-order valence-electron chi connectivity index (χ2n) is 10.6. The number of fused-ring (bicyclic) bond motifs is 1. The van der Waals surface area contributed by atoms with Crippen LogP contribution in [0.5, 0.6) is 0 Å². The number of thiazole rings is 1. The average Bonchev–Trinajstić information content (AvgIpc) is 3.48. The van der Waals surface area contributed by atoms with E-state index >= 15 is 0 Å². The van der Waals surface area contributed by atoms with E-state index in [4.69, 9.17) is 15.8 Å². The van der Waals surface area contributed by atoms with Crippen molar-refractivity contribution in [2.75, 3.05) is 0 Å². The van der Waals surface area contributed by atoms with Crippen LogP contribution in [-0.4, -0.2) is 27.3 Å². The van der Waals surface area contributed by atoms with Gasteiger partial charge in [0, 0.05) is 34.9 Å². The Labute approximate surface area is 212 Å². The molecule has 0 radical (unpaired) electrons. The van der Waals surface area contributed by atoms with E-state index in [9.17, 15) is 13.9 Å². The van der Waals surface area contributed by atoms with Crippen molar-refractivity contribution in [2.24, 2.45) is 0 Å². The van der Waals surface area contributed by atoms with Crippen LogP contribution in [0.4, 0.5) is 14.5 Å². The third-order valence-corrected chi connectivity index (χ3v) is 9.23. The van der Waals surface area contributed by atoms with Gasteiger partial charge in [-0.1, -0.05) is 11.2 Å². The molecule has 0 aliphatic heterocycles. The summed E-state index contributed by atoms with van der Waals surface area (Å²) >= 11 is 1.46. The minimum Gasteiger partial charge on any atom is -0.383 e. The standard InChI is InChI=1S/C27H29F2N3O3S/c1-30-18-4-5-21-22(14-18)36-25(31-21)26(33)10-8-19(9-11-26)34-15-20-23(32-35-24(20)17-2-3-17)16-6-12-27(28,29)13-7-16/h4-5,14,16-17,19,33H,2-3,6-13,15H2. The normalized spacial score (nSPS) is 26.8. The SMILES string of the molecule is [C-]#[N+]c1ccc2nc(C3(O)CCC(OCc4c(C5CCC(F)(F)CC5)noc4C4CC4)CC3)sc2c1. The van der Waals surface area contributed by atoms with E-state index in [0.717, 1.165) is 40.1 Å². The highest BCUT2D eigenvalue weighted by Crippen LogP contribution is 2.47. The molecular formula is C27H29F2N3O3S. The summed E-state index contributed by atoms with van der Waals surface area (Å²) in [6.07, 6.45) is 5.29. The highest BCUT2D eigenvalue weighted by Gasteiger charge is 2.41. The fourth-order valence-electron chi connectivity index (χ4n) is 5.61. The van der Waals surface area contributed by atoms with Gasteiger partial charge in [-0.3, -0.25) is 0 Å². The van der Waals surface area contributed by atoms with E-state index in [2.05, 4.69) is 15.0 Å². The summed E-state index contributed by atoms with van der Waals surface area (Å²) in [7, 11) is 0. The zero-order valence-electron chi connectivity index (χ0n) is 20.0. The molecule has 0 spiro atoms. The highest BCUT2D eigenvalue weighted by molar-refractivity contribution is 7.18. The molecule has 1 N–H and O–H groups in total. The number of benzene rings is 1. The number of hydrogen-bond donors (Lipinski definition) is 1. The molecule has 0 unspecified atom stereocenters. The quantitative estimate of drug-likeness (QED) is 0.349. The maximum Gasteiger partial charge on any atom is 0.248 e. The number of rotatable bonds is 6. The molecule has 2 heterocycles. The van der Waals surface area contributed by atoms with Gasteiger partial charge in [0.1, 0.15) is 16.4 Å². The predicted molar refractivity (Wildman–Crippen MR) is 131 cm³/mol. The van der Waals surface area contributed by atoms with Crippen LogP contribution in [0, 0.1) is 6.57 Å². The largest absolute Gasteiger partial charge is 0.383 e. The molecule has 3 aliphatic rings. The van der Waals surface area contributed by atoms with E-state index in [-0.39, 0.29) is 24.9 Å². The monoisotopic (exact) mass is 513 g/mol. The summed E-state index contributed by atoms with van der Waals surface area (Å²) < 4.78 is 40.4. The lowest BCUT2D eigenvalue weighted by atomic mass is 9.83. The molecule has 1 aromatic carbocycles. The zero-order valence-corrected chi connectivity index (χ0v) is 20.8. The van der Waals surface area contributed by atoms with Crippen molar-refractivity contribution in [3.05, 3.63) is 51.6 Å². The van der Waals surface area contributed by atoms with Gasteiger partial charge in [-0.25, -0.2) is 18.6 Å². The van der Waals surface area contributed by atoms with Crippen LogP contribution in [-0.2, 0) is 16.9 Å². The lowest BCUT2D eigenvalue weighted by molar-refractivity contribution is -0.0644. The van der Waals surface area contributed by atoms with Crippen molar-refractivity contribution in [1.82, 2.24) is 10.1 Å². The van der Waals surface area contributed by atoms with Crippen molar-refractivity contribution in [3.8, 4) is 0 Å². The Morgan fingerprint density at radius 1 is 1.08 bits per heavy atom. The van der Waals surface area contributed by atoms with Crippen LogP contribution in [0.15, 0.2) is 22.7 Å². The number of nitrogens with zero attached hydrogens (tertiary/aromatic N) is 3. The smallest absolute Gasteiger partial charge is 0.248 e. The number of halogens is 2. The Morgan fingerprint density at radius 2 is 1.83 bits per heavy atom. The summed E-state index contributed by atoms with van der Waals surface area (Å²) in [5.41, 5.74) is 2.17. The Hall–Kier alpha value is -2.41. The van der Waals surface area contributed by atoms with E-state index in [0.29, 0.717) is 61.7 Å². The molecule has 3 aromatic rings. The van der Waals surface area contributed by atoms with Gasteiger partial charge in [-0.15, -0.1) is 11.3 Å². The van der Waals surface area contributed by atoms with Gasteiger partial charge >= 0.3 is 0 Å². The van der Waals surface area contributed by atoms with Gasteiger partial charge in [-0.2, -0.15) is 0 Å². The fraction of sp³-hybridized carbons (Fsp3) is 0.593. The Bertz CT molecular complexity index is 1290. The third-order valence-electron chi connectivity index (χ3n) is 8.02. The molecule has 3 fully saturated rings. The van der Waals surface area contributed by atoms with Crippen molar-refractivity contribution in [3.63, 3.8) is 0 Å². The molecule has 3 saturated carbocycles. The summed E-state index contributed by atoms with van der Waals surface area (Å²) in [6, 6.07) is 5.41. The second kappa shape index (κ2) is 9.16. The predicted octanol–water partition coefficient (Wildman–Crippen LogP) is 7.35. The van der Waals surface area contributed by atoms with Gasteiger partial charge in [0.25, 0.3) is 0 Å². The summed E-state index contributed by atoms with van der Waals surface area (Å²) in [4.78, 5) is 8.14. The van der Waals surface area contributed by atoms with E-state index in [1.54, 1.807) is 6.07 Å². The van der Waals surface area contributed by atoms with Gasteiger partial charge < -0.3 is 14.4 Å². The van der Waals surface area contributed by atoms with E-state index in [1.807, 2.05) is 12.1 Å². The van der Waals surface area contributed by atoms with Gasteiger partial charge in [0.05, 0.1) is 30.5 Å². The summed E-state index contributed by atoms with van der Waals surface area (Å²) in [5, 5.41) is 16.4. The maximum absolute atomic E-state index is 13.7. The fourth-order valence-corrected chi connectivity index (χ4v) is 6.76. The van der Waals surface area contributed by atoms with Crippen LogP contribution < -0.4 is 0 Å². The van der Waals surface area contributed by atoms with Crippen LogP contribution in [0.2, 0.25) is 0 Å². The van der Waals surface area contributed by atoms with E-state index < -0.39 is 11.5 Å². The van der Waals surface area contributed by atoms with Gasteiger partial charge in [0.15, 0.2) is 5.69 Å². The molecule has 0 amide bonds. The molecule has 0 saturated heterocycles. The minimum atomic E-state index is -2.57. The number of aromatic nitrogens is 2. The first-order chi connectivity index (χ1) is 17.3. The van der Waals surface area contributed by atoms with Crippen LogP contribution >= 0.6 is 11.3 Å². The summed E-state index contributed by atoms with van der Waals surface area (Å²) in [6.45, 7) is 7.58. The molecule has 2 aromatic heterocycles. The second-order valence-corrected chi connectivity index (χ2v) is 11.7. The Kier molecular flexibility index (Phi) is 6.09. The number of ether oxygens (including phenoxy) is 1. The first-order valence-corrected chi connectivity index (χ1v) is 13.6. The van der Waals surface area contributed by atoms with Crippen molar-refractivity contribution >= 4 is 27.2 Å². The van der Waals surface area contributed by atoms with Crippen molar-refractivity contribution < 1.29 is 23.1 Å². The molecule has 6 nitrogen and oxygen atoms in total. The maximum atomic E-state index is 13.7. The average molecular weight is 514 g/mol. The Morgan fingerprint density at radius 3 is 2.53 bits per heavy atom. The van der Waals surface area contributed by atoms with E-state index in [1.165, 1.54) is 11.3 Å². The third kappa shape index (κ3) is 4.67.